The number of benzene rings is 1. The zero-order valence-corrected chi connectivity index (χ0v) is 15.9. The molecule has 0 spiro atoms. The van der Waals surface area contributed by atoms with Crippen molar-refractivity contribution in [3.05, 3.63) is 53.2 Å². The first-order chi connectivity index (χ1) is 12.6. The molecule has 5 nitrogen and oxygen atoms in total. The highest BCUT2D eigenvalue weighted by Gasteiger charge is 2.23. The Balaban J connectivity index is 1.65. The van der Waals surface area contributed by atoms with Crippen LogP contribution >= 0.6 is 0 Å². The molecule has 1 aromatic heterocycles. The van der Waals surface area contributed by atoms with E-state index in [4.69, 9.17) is 4.74 Å². The highest BCUT2D eigenvalue weighted by Crippen LogP contribution is 2.22. The summed E-state index contributed by atoms with van der Waals surface area (Å²) in [6.45, 7) is 6.98. The second-order valence-corrected chi connectivity index (χ2v) is 6.91. The van der Waals surface area contributed by atoms with Gasteiger partial charge in [-0.15, -0.1) is 0 Å². The number of rotatable bonds is 6. The third-order valence-electron chi connectivity index (χ3n) is 4.80. The van der Waals surface area contributed by atoms with E-state index in [1.54, 1.807) is 6.20 Å². The molecule has 1 aliphatic rings. The third kappa shape index (κ3) is 4.15. The van der Waals surface area contributed by atoms with Gasteiger partial charge in [0.15, 0.2) is 0 Å². The van der Waals surface area contributed by atoms with Gasteiger partial charge in [-0.05, 0) is 56.0 Å². The van der Waals surface area contributed by atoms with Crippen molar-refractivity contribution in [2.45, 2.75) is 26.7 Å². The zero-order valence-electron chi connectivity index (χ0n) is 15.9. The predicted molar refractivity (Wildman–Crippen MR) is 104 cm³/mol. The molecule has 1 fully saturated rings. The topological polar surface area (TPSA) is 45.7 Å². The Kier molecular flexibility index (Phi) is 5.76. The van der Waals surface area contributed by atoms with E-state index in [1.165, 1.54) is 5.56 Å². The summed E-state index contributed by atoms with van der Waals surface area (Å²) in [5, 5.41) is 0. The first-order valence-corrected chi connectivity index (χ1v) is 9.22. The van der Waals surface area contributed by atoms with Crippen molar-refractivity contribution in [3.63, 3.8) is 0 Å². The summed E-state index contributed by atoms with van der Waals surface area (Å²) >= 11 is 0. The van der Waals surface area contributed by atoms with E-state index in [0.29, 0.717) is 24.5 Å². The van der Waals surface area contributed by atoms with E-state index >= 15 is 0 Å². The van der Waals surface area contributed by atoms with Gasteiger partial charge in [-0.1, -0.05) is 12.1 Å². The summed E-state index contributed by atoms with van der Waals surface area (Å²) < 4.78 is 5.95. The Morgan fingerprint density at radius 2 is 2.00 bits per heavy atom. The maximum atomic E-state index is 12.8. The molecular weight excluding hydrogens is 326 g/mol. The van der Waals surface area contributed by atoms with Crippen LogP contribution in [-0.2, 0) is 0 Å². The second kappa shape index (κ2) is 8.21. The Morgan fingerprint density at radius 1 is 1.23 bits per heavy atom. The van der Waals surface area contributed by atoms with Crippen molar-refractivity contribution in [3.8, 4) is 5.75 Å². The van der Waals surface area contributed by atoms with Crippen LogP contribution in [0.2, 0.25) is 0 Å². The molecule has 1 aliphatic heterocycles. The van der Waals surface area contributed by atoms with Gasteiger partial charge in [0.2, 0.25) is 0 Å². The monoisotopic (exact) mass is 353 g/mol. The van der Waals surface area contributed by atoms with Crippen LogP contribution in [0.5, 0.6) is 5.75 Å². The summed E-state index contributed by atoms with van der Waals surface area (Å²) in [6, 6.07) is 9.90. The Bertz CT molecular complexity index is 770. The van der Waals surface area contributed by atoms with Gasteiger partial charge in [0.1, 0.15) is 18.2 Å². The minimum atomic E-state index is 0.0768. The summed E-state index contributed by atoms with van der Waals surface area (Å²) in [7, 11) is 1.95. The lowest BCUT2D eigenvalue weighted by atomic mass is 10.1. The number of ether oxygens (including phenoxy) is 1. The van der Waals surface area contributed by atoms with Crippen LogP contribution in [0.25, 0.3) is 0 Å². The number of nitrogens with zero attached hydrogens (tertiary/aromatic N) is 3. The minimum Gasteiger partial charge on any atom is -0.491 e. The highest BCUT2D eigenvalue weighted by atomic mass is 16.5. The highest BCUT2D eigenvalue weighted by molar-refractivity contribution is 5.99. The quantitative estimate of drug-likeness (QED) is 0.798. The van der Waals surface area contributed by atoms with Crippen LogP contribution in [0, 0.1) is 13.8 Å². The molecule has 138 valence electrons. The van der Waals surface area contributed by atoms with Crippen molar-refractivity contribution < 1.29 is 9.53 Å². The summed E-state index contributed by atoms with van der Waals surface area (Å²) in [5.41, 5.74) is 2.98. The molecule has 2 heterocycles. The normalized spacial score (nSPS) is 13.7. The van der Waals surface area contributed by atoms with Crippen molar-refractivity contribution in [1.82, 2.24) is 9.88 Å². The molecule has 0 N–H and O–H groups in total. The predicted octanol–water partition coefficient (Wildman–Crippen LogP) is 3.45. The number of anilines is 1. The van der Waals surface area contributed by atoms with Gasteiger partial charge in [-0.2, -0.15) is 0 Å². The number of aromatic nitrogens is 1. The van der Waals surface area contributed by atoms with Crippen molar-refractivity contribution in [2.75, 3.05) is 38.2 Å². The fourth-order valence-corrected chi connectivity index (χ4v) is 3.22. The fraction of sp³-hybridized carbons (Fsp3) is 0.429. The molecule has 26 heavy (non-hydrogen) atoms. The Morgan fingerprint density at radius 3 is 2.77 bits per heavy atom. The van der Waals surface area contributed by atoms with Crippen LogP contribution in [0.15, 0.2) is 36.5 Å². The van der Waals surface area contributed by atoms with Crippen LogP contribution < -0.4 is 9.64 Å². The van der Waals surface area contributed by atoms with Gasteiger partial charge in [0.05, 0.1) is 12.1 Å². The summed E-state index contributed by atoms with van der Waals surface area (Å²) in [6.07, 6.45) is 3.90. The van der Waals surface area contributed by atoms with Crippen LogP contribution in [-0.4, -0.2) is 49.1 Å². The maximum absolute atomic E-state index is 12.8. The van der Waals surface area contributed by atoms with Crippen LogP contribution in [0.4, 0.5) is 5.82 Å². The lowest BCUT2D eigenvalue weighted by Gasteiger charge is -2.23. The first-order valence-electron chi connectivity index (χ1n) is 9.22. The van der Waals surface area contributed by atoms with E-state index < -0.39 is 0 Å². The number of likely N-dealkylation sites (N-methyl/N-ethyl adjacent to an activating group) is 1. The van der Waals surface area contributed by atoms with E-state index in [1.807, 2.05) is 35.9 Å². The lowest BCUT2D eigenvalue weighted by molar-refractivity contribution is 0.0793. The SMILES string of the molecule is Cc1ccc(C)c(OCCN(C)c2ncccc2C(=O)N2CCCC2)c1. The first kappa shape index (κ1) is 18.2. The molecule has 3 rings (SSSR count). The molecule has 2 aromatic rings. The molecule has 1 amide bonds. The van der Waals surface area contributed by atoms with Gasteiger partial charge >= 0.3 is 0 Å². The average molecular weight is 353 g/mol. The number of pyridine rings is 1. The minimum absolute atomic E-state index is 0.0768. The standard InChI is InChI=1S/C21H27N3O2/c1-16-8-9-17(2)19(15-16)26-14-13-23(3)20-18(7-6-10-22-20)21(25)24-11-4-5-12-24/h6-10,15H,4-5,11-14H2,1-3H3. The lowest BCUT2D eigenvalue weighted by Crippen LogP contribution is -2.31. The van der Waals surface area contributed by atoms with E-state index in [2.05, 4.69) is 30.1 Å². The van der Waals surface area contributed by atoms with Crippen LogP contribution in [0.3, 0.4) is 0 Å². The summed E-state index contributed by atoms with van der Waals surface area (Å²) in [5.74, 6) is 1.70. The molecule has 0 atom stereocenters. The van der Waals surface area contributed by atoms with Crippen molar-refractivity contribution >= 4 is 11.7 Å². The van der Waals surface area contributed by atoms with E-state index in [0.717, 1.165) is 37.2 Å². The molecule has 1 saturated heterocycles. The van der Waals surface area contributed by atoms with Gasteiger partial charge in [0.25, 0.3) is 5.91 Å². The van der Waals surface area contributed by atoms with Gasteiger partial charge in [-0.3, -0.25) is 4.79 Å². The van der Waals surface area contributed by atoms with E-state index in [9.17, 15) is 4.79 Å². The second-order valence-electron chi connectivity index (χ2n) is 6.91. The maximum Gasteiger partial charge on any atom is 0.257 e. The number of amides is 1. The van der Waals surface area contributed by atoms with Crippen molar-refractivity contribution in [2.24, 2.45) is 0 Å². The number of aryl methyl sites for hydroxylation is 2. The number of hydrogen-bond acceptors (Lipinski definition) is 4. The molecule has 0 saturated carbocycles. The van der Waals surface area contributed by atoms with E-state index in [-0.39, 0.29) is 5.91 Å². The van der Waals surface area contributed by atoms with Crippen LogP contribution in [0.1, 0.15) is 34.3 Å². The molecule has 0 bridgehead atoms. The van der Waals surface area contributed by atoms with Gasteiger partial charge in [0, 0.05) is 26.3 Å². The smallest absolute Gasteiger partial charge is 0.257 e. The molecular formula is C21H27N3O2. The van der Waals surface area contributed by atoms with Gasteiger partial charge < -0.3 is 14.5 Å². The third-order valence-corrected chi connectivity index (χ3v) is 4.80. The molecule has 0 aliphatic carbocycles. The van der Waals surface area contributed by atoms with Gasteiger partial charge in [-0.25, -0.2) is 4.98 Å². The number of likely N-dealkylation sites (tertiary alicyclic amines) is 1. The molecule has 0 radical (unpaired) electrons. The number of hydrogen-bond donors (Lipinski definition) is 0. The zero-order chi connectivity index (χ0) is 18.5. The molecule has 5 heteroatoms. The Labute approximate surface area is 155 Å². The molecule has 1 aromatic carbocycles. The number of carbonyl (C=O) groups excluding carboxylic acids is 1. The van der Waals surface area contributed by atoms with Crippen molar-refractivity contribution in [1.29, 1.82) is 0 Å². The average Bonchev–Trinajstić information content (AvgIpc) is 3.18. The largest absolute Gasteiger partial charge is 0.491 e. The summed E-state index contributed by atoms with van der Waals surface area (Å²) in [4.78, 5) is 21.1. The fourth-order valence-electron chi connectivity index (χ4n) is 3.22. The number of carbonyl (C=O) groups is 1. The molecule has 0 unspecified atom stereocenters. The Hall–Kier alpha value is -2.56.